The summed E-state index contributed by atoms with van der Waals surface area (Å²) < 4.78 is 5.31. The molecule has 5 nitrogen and oxygen atoms in total. The summed E-state index contributed by atoms with van der Waals surface area (Å²) in [6.45, 7) is 4.35. The van der Waals surface area contributed by atoms with Crippen molar-refractivity contribution in [2.45, 2.75) is 26.5 Å². The lowest BCUT2D eigenvalue weighted by Gasteiger charge is -2.07. The molecule has 0 fully saturated rings. The molecule has 1 atom stereocenters. The third-order valence-corrected chi connectivity index (χ3v) is 2.12. The number of nitrogens with zero attached hydrogens (tertiary/aromatic N) is 1. The fraction of sp³-hybridized carbons (Fsp3) is 0.455. The van der Waals surface area contributed by atoms with Gasteiger partial charge >= 0.3 is 0 Å². The molecule has 0 aliphatic heterocycles. The Labute approximate surface area is 94.4 Å². The van der Waals surface area contributed by atoms with Crippen LogP contribution < -0.4 is 5.73 Å². The van der Waals surface area contributed by atoms with Gasteiger partial charge in [-0.1, -0.05) is 12.1 Å². The molecule has 0 radical (unpaired) electrons. The molecule has 0 aliphatic carbocycles. The van der Waals surface area contributed by atoms with Gasteiger partial charge in [-0.05, 0) is 19.4 Å². The van der Waals surface area contributed by atoms with Crippen molar-refractivity contribution in [1.29, 1.82) is 0 Å². The van der Waals surface area contributed by atoms with Gasteiger partial charge < -0.3 is 10.5 Å². The summed E-state index contributed by atoms with van der Waals surface area (Å²) in [5, 5.41) is 10.7. The molecule has 1 unspecified atom stereocenters. The van der Waals surface area contributed by atoms with Crippen LogP contribution in [0.1, 0.15) is 18.1 Å². The summed E-state index contributed by atoms with van der Waals surface area (Å²) in [7, 11) is 0. The summed E-state index contributed by atoms with van der Waals surface area (Å²) >= 11 is 0. The van der Waals surface area contributed by atoms with Crippen LogP contribution in [0.2, 0.25) is 0 Å². The summed E-state index contributed by atoms with van der Waals surface area (Å²) in [5.74, 6) is 0. The Morgan fingerprint density at radius 2 is 2.25 bits per heavy atom. The normalized spacial score (nSPS) is 12.4. The second-order valence-electron chi connectivity index (χ2n) is 3.87. The Morgan fingerprint density at radius 1 is 1.56 bits per heavy atom. The zero-order chi connectivity index (χ0) is 12.1. The molecule has 0 aromatic heterocycles. The molecule has 0 saturated carbocycles. The van der Waals surface area contributed by atoms with Crippen LogP contribution in [0.15, 0.2) is 18.2 Å². The van der Waals surface area contributed by atoms with Gasteiger partial charge in [0.05, 0.1) is 18.1 Å². The molecule has 1 aromatic rings. The largest absolute Gasteiger partial charge is 0.375 e. The minimum absolute atomic E-state index is 0.0274. The van der Waals surface area contributed by atoms with Crippen molar-refractivity contribution in [2.75, 3.05) is 6.61 Å². The molecule has 1 rings (SSSR count). The molecule has 0 spiro atoms. The number of benzene rings is 1. The van der Waals surface area contributed by atoms with Crippen LogP contribution in [0.25, 0.3) is 0 Å². The van der Waals surface area contributed by atoms with Gasteiger partial charge in [-0.3, -0.25) is 10.1 Å². The molecule has 0 saturated heterocycles. The van der Waals surface area contributed by atoms with E-state index in [2.05, 4.69) is 0 Å². The lowest BCUT2D eigenvalue weighted by atomic mass is 10.1. The van der Waals surface area contributed by atoms with Crippen LogP contribution >= 0.6 is 0 Å². The van der Waals surface area contributed by atoms with E-state index < -0.39 is 0 Å². The number of aryl methyl sites for hydroxylation is 1. The van der Waals surface area contributed by atoms with Crippen molar-refractivity contribution < 1.29 is 9.66 Å². The molecule has 2 N–H and O–H groups in total. The van der Waals surface area contributed by atoms with Crippen molar-refractivity contribution in [3.05, 3.63) is 39.4 Å². The number of hydrogen-bond acceptors (Lipinski definition) is 4. The number of rotatable bonds is 5. The van der Waals surface area contributed by atoms with E-state index in [9.17, 15) is 10.1 Å². The van der Waals surface area contributed by atoms with E-state index in [4.69, 9.17) is 10.5 Å². The van der Waals surface area contributed by atoms with Gasteiger partial charge in [0.25, 0.3) is 5.69 Å². The van der Waals surface area contributed by atoms with E-state index in [1.54, 1.807) is 13.0 Å². The Morgan fingerprint density at radius 3 is 2.81 bits per heavy atom. The highest BCUT2D eigenvalue weighted by atomic mass is 16.6. The first-order chi connectivity index (χ1) is 7.50. The average Bonchev–Trinajstić information content (AvgIpc) is 2.19. The molecule has 0 amide bonds. The van der Waals surface area contributed by atoms with Crippen molar-refractivity contribution in [3.63, 3.8) is 0 Å². The fourth-order valence-electron chi connectivity index (χ4n) is 1.30. The van der Waals surface area contributed by atoms with Crippen LogP contribution in [0.4, 0.5) is 5.69 Å². The maximum atomic E-state index is 10.7. The van der Waals surface area contributed by atoms with Crippen LogP contribution in [-0.2, 0) is 11.3 Å². The van der Waals surface area contributed by atoms with E-state index in [1.807, 2.05) is 13.0 Å². The van der Waals surface area contributed by atoms with Gasteiger partial charge in [0.15, 0.2) is 0 Å². The van der Waals surface area contributed by atoms with Crippen molar-refractivity contribution in [3.8, 4) is 0 Å². The van der Waals surface area contributed by atoms with E-state index in [0.717, 1.165) is 5.56 Å². The molecule has 88 valence electrons. The van der Waals surface area contributed by atoms with Crippen LogP contribution in [0.3, 0.4) is 0 Å². The predicted octanol–water partition coefficient (Wildman–Crippen LogP) is 1.77. The van der Waals surface area contributed by atoms with Crippen LogP contribution in [0, 0.1) is 17.0 Å². The van der Waals surface area contributed by atoms with E-state index in [0.29, 0.717) is 18.8 Å². The van der Waals surface area contributed by atoms with Crippen LogP contribution in [0.5, 0.6) is 0 Å². The predicted molar refractivity (Wildman–Crippen MR) is 61.1 cm³/mol. The third kappa shape index (κ3) is 3.60. The Balaban J connectivity index is 2.68. The molecular weight excluding hydrogens is 208 g/mol. The second-order valence-corrected chi connectivity index (χ2v) is 3.87. The van der Waals surface area contributed by atoms with Crippen molar-refractivity contribution in [2.24, 2.45) is 5.73 Å². The summed E-state index contributed by atoms with van der Waals surface area (Å²) in [4.78, 5) is 10.3. The topological polar surface area (TPSA) is 78.4 Å². The second kappa shape index (κ2) is 5.58. The molecule has 16 heavy (non-hydrogen) atoms. The molecule has 1 aromatic carbocycles. The lowest BCUT2D eigenvalue weighted by Crippen LogP contribution is -2.21. The monoisotopic (exact) mass is 224 g/mol. The number of hydrogen-bond donors (Lipinski definition) is 1. The summed E-state index contributed by atoms with van der Waals surface area (Å²) in [6.07, 6.45) is 0. The Hall–Kier alpha value is -1.46. The third-order valence-electron chi connectivity index (χ3n) is 2.12. The summed E-state index contributed by atoms with van der Waals surface area (Å²) in [6, 6.07) is 5.06. The minimum Gasteiger partial charge on any atom is -0.375 e. The van der Waals surface area contributed by atoms with Gasteiger partial charge in [0.1, 0.15) is 0 Å². The zero-order valence-corrected chi connectivity index (χ0v) is 9.47. The first kappa shape index (κ1) is 12.6. The SMILES string of the molecule is Cc1ccc(COCC(C)N)cc1[N+](=O)[O-]. The maximum absolute atomic E-state index is 10.7. The smallest absolute Gasteiger partial charge is 0.272 e. The number of nitrogens with two attached hydrogens (primary N) is 1. The molecule has 0 heterocycles. The number of nitro benzene ring substituents is 1. The highest BCUT2D eigenvalue weighted by Crippen LogP contribution is 2.19. The fourth-order valence-corrected chi connectivity index (χ4v) is 1.30. The van der Waals surface area contributed by atoms with Gasteiger partial charge in [0.2, 0.25) is 0 Å². The molecule has 0 bridgehead atoms. The lowest BCUT2D eigenvalue weighted by molar-refractivity contribution is -0.385. The minimum atomic E-state index is -0.385. The Bertz CT molecular complexity index is 377. The van der Waals surface area contributed by atoms with Crippen molar-refractivity contribution >= 4 is 5.69 Å². The van der Waals surface area contributed by atoms with E-state index in [1.165, 1.54) is 6.07 Å². The maximum Gasteiger partial charge on any atom is 0.272 e. The van der Waals surface area contributed by atoms with E-state index >= 15 is 0 Å². The average molecular weight is 224 g/mol. The van der Waals surface area contributed by atoms with Gasteiger partial charge in [-0.25, -0.2) is 0 Å². The van der Waals surface area contributed by atoms with Gasteiger partial charge in [0, 0.05) is 17.7 Å². The van der Waals surface area contributed by atoms with Gasteiger partial charge in [-0.2, -0.15) is 0 Å². The zero-order valence-electron chi connectivity index (χ0n) is 9.47. The summed E-state index contributed by atoms with van der Waals surface area (Å²) in [5.41, 5.74) is 7.10. The van der Waals surface area contributed by atoms with Crippen molar-refractivity contribution in [1.82, 2.24) is 0 Å². The molecule has 5 heteroatoms. The molecular formula is C11H16N2O3. The Kier molecular flexibility index (Phi) is 4.39. The van der Waals surface area contributed by atoms with E-state index in [-0.39, 0.29) is 16.7 Å². The first-order valence-corrected chi connectivity index (χ1v) is 5.08. The number of ether oxygens (including phenoxy) is 1. The highest BCUT2D eigenvalue weighted by molar-refractivity contribution is 5.42. The van der Waals surface area contributed by atoms with Gasteiger partial charge in [-0.15, -0.1) is 0 Å². The first-order valence-electron chi connectivity index (χ1n) is 5.08. The number of nitro groups is 1. The molecule has 0 aliphatic rings. The van der Waals surface area contributed by atoms with Crippen LogP contribution in [-0.4, -0.2) is 17.6 Å². The highest BCUT2D eigenvalue weighted by Gasteiger charge is 2.10. The standard InChI is InChI=1S/C11H16N2O3/c1-8-3-4-10(5-11(8)13(14)15)7-16-6-9(2)12/h3-5,9H,6-7,12H2,1-2H3. The quantitative estimate of drug-likeness (QED) is 0.610.